The number of nitrogens with zero attached hydrogens (tertiary/aromatic N) is 1. The zero-order valence-electron chi connectivity index (χ0n) is 10.2. The molecule has 1 rings (SSSR count). The number of amides is 1. The van der Waals surface area contributed by atoms with Crippen LogP contribution >= 0.6 is 12.2 Å². The molecule has 3 N–H and O–H groups in total. The Balaban J connectivity index is 3.16. The minimum Gasteiger partial charge on any atom is -0.369 e. The Hall–Kier alpha value is -1.43. The van der Waals surface area contributed by atoms with Gasteiger partial charge in [0, 0.05) is 12.2 Å². The molecule has 17 heavy (non-hydrogen) atoms. The predicted molar refractivity (Wildman–Crippen MR) is 68.2 cm³/mol. The third-order valence-corrected chi connectivity index (χ3v) is 2.41. The summed E-state index contributed by atoms with van der Waals surface area (Å²) >= 11 is 5.14. The molecule has 0 spiro atoms. The van der Waals surface area contributed by atoms with Gasteiger partial charge in [0.2, 0.25) is 5.91 Å². The Kier molecular flexibility index (Phi) is 3.87. The van der Waals surface area contributed by atoms with Crippen molar-refractivity contribution in [1.82, 2.24) is 9.55 Å². The van der Waals surface area contributed by atoms with Crippen LogP contribution in [0.3, 0.4) is 0 Å². The lowest BCUT2D eigenvalue weighted by Gasteiger charge is -2.19. The van der Waals surface area contributed by atoms with E-state index in [2.05, 4.69) is 4.98 Å². The van der Waals surface area contributed by atoms with Crippen LogP contribution in [-0.4, -0.2) is 15.5 Å². The molecule has 1 aromatic heterocycles. The van der Waals surface area contributed by atoms with E-state index in [9.17, 15) is 9.59 Å². The van der Waals surface area contributed by atoms with Crippen molar-refractivity contribution in [1.29, 1.82) is 0 Å². The number of aromatic amines is 1. The Morgan fingerprint density at radius 1 is 1.53 bits per heavy atom. The second-order valence-corrected chi connectivity index (χ2v) is 5.65. The maximum atomic E-state index is 11.8. The molecule has 0 unspecified atom stereocenters. The van der Waals surface area contributed by atoms with E-state index < -0.39 is 5.91 Å². The second kappa shape index (κ2) is 4.83. The maximum Gasteiger partial charge on any atom is 0.326 e. The third kappa shape index (κ3) is 4.14. The van der Waals surface area contributed by atoms with Gasteiger partial charge in [0.1, 0.15) is 4.64 Å². The lowest BCUT2D eigenvalue weighted by atomic mass is 9.97. The van der Waals surface area contributed by atoms with E-state index >= 15 is 0 Å². The molecule has 0 aliphatic carbocycles. The summed E-state index contributed by atoms with van der Waals surface area (Å²) in [6.07, 6.45) is -0.00472. The first-order valence-corrected chi connectivity index (χ1v) is 5.71. The number of carbonyl (C=O) groups is 1. The SMILES string of the molecule is CC(C)(C)Cn1c(=S)cc(CC(N)=O)[nH]c1=O. The van der Waals surface area contributed by atoms with E-state index in [1.807, 2.05) is 20.8 Å². The number of primary amides is 1. The van der Waals surface area contributed by atoms with Crippen LogP contribution in [0.2, 0.25) is 0 Å². The largest absolute Gasteiger partial charge is 0.369 e. The normalized spacial score (nSPS) is 11.5. The van der Waals surface area contributed by atoms with E-state index in [1.165, 1.54) is 4.57 Å². The number of nitrogens with one attached hydrogen (secondary N) is 1. The lowest BCUT2D eigenvalue weighted by Crippen LogP contribution is -2.30. The van der Waals surface area contributed by atoms with Crippen molar-refractivity contribution >= 4 is 18.1 Å². The first-order valence-electron chi connectivity index (χ1n) is 5.30. The molecule has 0 saturated carbocycles. The van der Waals surface area contributed by atoms with Crippen LogP contribution in [0.25, 0.3) is 0 Å². The van der Waals surface area contributed by atoms with Crippen LogP contribution in [0.4, 0.5) is 0 Å². The van der Waals surface area contributed by atoms with E-state index in [0.29, 0.717) is 16.9 Å². The molecule has 1 amide bonds. The Morgan fingerprint density at radius 2 is 2.12 bits per heavy atom. The van der Waals surface area contributed by atoms with Crippen molar-refractivity contribution in [3.8, 4) is 0 Å². The van der Waals surface area contributed by atoms with Gasteiger partial charge in [-0.25, -0.2) is 4.79 Å². The summed E-state index contributed by atoms with van der Waals surface area (Å²) in [5, 5.41) is 0. The van der Waals surface area contributed by atoms with Crippen molar-refractivity contribution in [2.75, 3.05) is 0 Å². The second-order valence-electron chi connectivity index (χ2n) is 5.23. The topological polar surface area (TPSA) is 80.9 Å². The predicted octanol–water partition coefficient (Wildman–Crippen LogP) is 0.980. The molecule has 5 nitrogen and oxygen atoms in total. The number of nitrogens with two attached hydrogens (primary N) is 1. The number of rotatable bonds is 3. The molecule has 1 heterocycles. The number of H-pyrrole nitrogens is 1. The molecular weight excluding hydrogens is 238 g/mol. The van der Waals surface area contributed by atoms with Gasteiger partial charge in [0.15, 0.2) is 0 Å². The van der Waals surface area contributed by atoms with Crippen LogP contribution in [0.5, 0.6) is 0 Å². The average Bonchev–Trinajstić information content (AvgIpc) is 2.08. The van der Waals surface area contributed by atoms with E-state index in [-0.39, 0.29) is 17.5 Å². The quantitative estimate of drug-likeness (QED) is 0.790. The van der Waals surface area contributed by atoms with Gasteiger partial charge in [0.05, 0.1) is 6.42 Å². The minimum absolute atomic E-state index is 0.00472. The fourth-order valence-electron chi connectivity index (χ4n) is 1.47. The van der Waals surface area contributed by atoms with Gasteiger partial charge in [0.25, 0.3) is 0 Å². The monoisotopic (exact) mass is 255 g/mol. The highest BCUT2D eigenvalue weighted by Gasteiger charge is 2.13. The van der Waals surface area contributed by atoms with Crippen molar-refractivity contribution < 1.29 is 4.79 Å². The Bertz CT molecular complexity index is 506. The first kappa shape index (κ1) is 13.6. The van der Waals surface area contributed by atoms with E-state index in [0.717, 1.165) is 0 Å². The highest BCUT2D eigenvalue weighted by atomic mass is 32.1. The average molecular weight is 255 g/mol. The van der Waals surface area contributed by atoms with Crippen molar-refractivity contribution in [2.24, 2.45) is 11.1 Å². The third-order valence-electron chi connectivity index (χ3n) is 2.07. The summed E-state index contributed by atoms with van der Waals surface area (Å²) < 4.78 is 1.90. The van der Waals surface area contributed by atoms with Crippen molar-refractivity contribution in [2.45, 2.75) is 33.7 Å². The molecule has 0 atom stereocenters. The molecule has 1 aromatic rings. The summed E-state index contributed by atoms with van der Waals surface area (Å²) in [6, 6.07) is 1.60. The molecular formula is C11H17N3O2S. The standard InChI is InChI=1S/C11H17N3O2S/c1-11(2,3)6-14-9(17)5-7(4-8(12)15)13-10(14)16/h5H,4,6H2,1-3H3,(H2,12,15)(H,13,16). The summed E-state index contributed by atoms with van der Waals surface area (Å²) in [6.45, 7) is 6.58. The van der Waals surface area contributed by atoms with E-state index in [1.54, 1.807) is 6.07 Å². The number of aromatic nitrogens is 2. The van der Waals surface area contributed by atoms with Crippen LogP contribution in [0, 0.1) is 10.1 Å². The minimum atomic E-state index is -0.497. The Labute approximate surface area is 105 Å². The van der Waals surface area contributed by atoms with Gasteiger partial charge < -0.3 is 10.7 Å². The highest BCUT2D eigenvalue weighted by Crippen LogP contribution is 2.15. The fourth-order valence-corrected chi connectivity index (χ4v) is 1.76. The summed E-state index contributed by atoms with van der Waals surface area (Å²) in [5.41, 5.74) is 5.17. The zero-order valence-corrected chi connectivity index (χ0v) is 11.1. The Morgan fingerprint density at radius 3 is 2.53 bits per heavy atom. The van der Waals surface area contributed by atoms with Crippen LogP contribution in [0.1, 0.15) is 26.5 Å². The van der Waals surface area contributed by atoms with Crippen LogP contribution < -0.4 is 11.4 Å². The fraction of sp³-hybridized carbons (Fsp3) is 0.545. The number of hydrogen-bond donors (Lipinski definition) is 2. The summed E-state index contributed by atoms with van der Waals surface area (Å²) in [4.78, 5) is 25.2. The van der Waals surface area contributed by atoms with Crippen LogP contribution in [-0.2, 0) is 17.8 Å². The van der Waals surface area contributed by atoms with Gasteiger partial charge in [-0.05, 0) is 11.5 Å². The highest BCUT2D eigenvalue weighted by molar-refractivity contribution is 7.71. The van der Waals surface area contributed by atoms with Gasteiger partial charge in [-0.2, -0.15) is 0 Å². The van der Waals surface area contributed by atoms with Crippen molar-refractivity contribution in [3.63, 3.8) is 0 Å². The molecule has 0 radical (unpaired) electrons. The number of hydrogen-bond acceptors (Lipinski definition) is 3. The summed E-state index contributed by atoms with van der Waals surface area (Å²) in [5.74, 6) is -0.497. The molecule has 0 aliphatic rings. The molecule has 0 saturated heterocycles. The van der Waals surface area contributed by atoms with Crippen LogP contribution in [0.15, 0.2) is 10.9 Å². The van der Waals surface area contributed by atoms with Crippen molar-refractivity contribution in [3.05, 3.63) is 26.9 Å². The first-order chi connectivity index (χ1) is 7.69. The van der Waals surface area contributed by atoms with Gasteiger partial charge in [-0.3, -0.25) is 9.36 Å². The molecule has 6 heteroatoms. The van der Waals surface area contributed by atoms with Gasteiger partial charge in [-0.1, -0.05) is 33.0 Å². The summed E-state index contributed by atoms with van der Waals surface area (Å²) in [7, 11) is 0. The molecule has 0 bridgehead atoms. The number of carbonyl (C=O) groups excluding carboxylic acids is 1. The lowest BCUT2D eigenvalue weighted by molar-refractivity contribution is -0.117. The molecule has 0 fully saturated rings. The van der Waals surface area contributed by atoms with E-state index in [4.69, 9.17) is 18.0 Å². The zero-order chi connectivity index (χ0) is 13.2. The maximum absolute atomic E-state index is 11.8. The smallest absolute Gasteiger partial charge is 0.326 e. The molecule has 0 aliphatic heterocycles. The van der Waals surface area contributed by atoms with Gasteiger partial charge >= 0.3 is 5.69 Å². The molecule has 94 valence electrons. The molecule has 0 aromatic carbocycles. The van der Waals surface area contributed by atoms with Gasteiger partial charge in [-0.15, -0.1) is 0 Å².